The van der Waals surface area contributed by atoms with Gasteiger partial charge in [-0.05, 0) is 43.4 Å². The predicted molar refractivity (Wildman–Crippen MR) is 74.7 cm³/mol. The van der Waals surface area contributed by atoms with Crippen LogP contribution in [0.5, 0.6) is 0 Å². The van der Waals surface area contributed by atoms with Crippen molar-refractivity contribution in [2.75, 3.05) is 13.1 Å². The van der Waals surface area contributed by atoms with E-state index in [0.29, 0.717) is 23.7 Å². The Hall–Kier alpha value is -0.280. The summed E-state index contributed by atoms with van der Waals surface area (Å²) >= 11 is 0. The van der Waals surface area contributed by atoms with E-state index in [0.717, 1.165) is 25.9 Å². The molecule has 1 saturated heterocycles. The maximum absolute atomic E-state index is 12.2. The number of carbonyl (C=O) groups excluding carboxylic acids is 1. The van der Waals surface area contributed by atoms with E-state index >= 15 is 0 Å². The molecule has 2 atom stereocenters. The molecule has 1 spiro atoms. The largest absolute Gasteiger partial charge is 0.342 e. The third-order valence-electron chi connectivity index (χ3n) is 5.36. The first-order valence-electron chi connectivity index (χ1n) is 7.22. The highest BCUT2D eigenvalue weighted by atomic mass is 35.5. The molecule has 1 aliphatic heterocycles. The number of halogens is 1. The smallest absolute Gasteiger partial charge is 0.222 e. The van der Waals surface area contributed by atoms with Crippen molar-refractivity contribution in [3.8, 4) is 0 Å². The quantitative estimate of drug-likeness (QED) is 0.839. The van der Waals surface area contributed by atoms with Crippen LogP contribution in [0, 0.1) is 11.3 Å². The predicted octanol–water partition coefficient (Wildman–Crippen LogP) is 2.33. The topological polar surface area (TPSA) is 46.3 Å². The summed E-state index contributed by atoms with van der Waals surface area (Å²) < 4.78 is 0. The first kappa shape index (κ1) is 14.1. The van der Waals surface area contributed by atoms with Crippen LogP contribution in [0.15, 0.2) is 0 Å². The summed E-state index contributed by atoms with van der Waals surface area (Å²) in [7, 11) is 0. The summed E-state index contributed by atoms with van der Waals surface area (Å²) in [6.45, 7) is 2.04. The molecule has 1 amide bonds. The summed E-state index contributed by atoms with van der Waals surface area (Å²) in [5.41, 5.74) is 6.58. The van der Waals surface area contributed by atoms with E-state index in [4.69, 9.17) is 5.73 Å². The highest BCUT2D eigenvalue weighted by Gasteiger charge is 2.44. The molecule has 3 aliphatic rings. The number of nitrogens with two attached hydrogens (primary N) is 1. The highest BCUT2D eigenvalue weighted by molar-refractivity contribution is 5.85. The second-order valence-corrected chi connectivity index (χ2v) is 6.48. The summed E-state index contributed by atoms with van der Waals surface area (Å²) in [5.74, 6) is 0.830. The molecule has 0 aromatic rings. The zero-order valence-electron chi connectivity index (χ0n) is 11.1. The molecular weight excluding hydrogens is 248 g/mol. The van der Waals surface area contributed by atoms with Gasteiger partial charge in [0.1, 0.15) is 0 Å². The number of carbonyl (C=O) groups is 1. The van der Waals surface area contributed by atoms with Crippen LogP contribution in [0.2, 0.25) is 0 Å². The normalized spacial score (nSPS) is 33.3. The molecule has 4 heteroatoms. The number of rotatable bonds is 2. The van der Waals surface area contributed by atoms with E-state index < -0.39 is 0 Å². The molecule has 2 N–H and O–H groups in total. The molecule has 3 rings (SSSR count). The van der Waals surface area contributed by atoms with Gasteiger partial charge >= 0.3 is 0 Å². The number of hydrogen-bond donors (Lipinski definition) is 1. The van der Waals surface area contributed by atoms with Crippen LogP contribution in [0.3, 0.4) is 0 Å². The molecule has 3 nitrogen and oxygen atoms in total. The number of likely N-dealkylation sites (tertiary alicyclic amines) is 1. The first-order chi connectivity index (χ1) is 8.19. The summed E-state index contributed by atoms with van der Waals surface area (Å²) in [5, 5.41) is 0. The lowest BCUT2D eigenvalue weighted by Gasteiger charge is -2.38. The molecule has 1 heterocycles. The van der Waals surface area contributed by atoms with Crippen LogP contribution < -0.4 is 5.73 Å². The fourth-order valence-corrected chi connectivity index (χ4v) is 3.91. The van der Waals surface area contributed by atoms with Gasteiger partial charge < -0.3 is 10.6 Å². The molecule has 0 aromatic heterocycles. The van der Waals surface area contributed by atoms with Crippen molar-refractivity contribution in [3.05, 3.63) is 0 Å². The highest BCUT2D eigenvalue weighted by Crippen LogP contribution is 2.48. The van der Waals surface area contributed by atoms with E-state index in [2.05, 4.69) is 4.90 Å². The Morgan fingerprint density at radius 3 is 2.50 bits per heavy atom. The van der Waals surface area contributed by atoms with Crippen LogP contribution >= 0.6 is 12.4 Å². The van der Waals surface area contributed by atoms with Gasteiger partial charge in [0.25, 0.3) is 0 Å². The van der Waals surface area contributed by atoms with Gasteiger partial charge in [-0.25, -0.2) is 0 Å². The van der Waals surface area contributed by atoms with Crippen LogP contribution in [-0.4, -0.2) is 29.9 Å². The minimum absolute atomic E-state index is 0. The van der Waals surface area contributed by atoms with Crippen LogP contribution in [0.25, 0.3) is 0 Å². The van der Waals surface area contributed by atoms with E-state index in [1.54, 1.807) is 0 Å². The Morgan fingerprint density at radius 2 is 2.00 bits per heavy atom. The second-order valence-electron chi connectivity index (χ2n) is 6.48. The van der Waals surface area contributed by atoms with Crippen LogP contribution in [0.1, 0.15) is 51.4 Å². The Labute approximate surface area is 116 Å². The van der Waals surface area contributed by atoms with E-state index in [1.165, 1.54) is 32.1 Å². The molecule has 0 aromatic carbocycles. The summed E-state index contributed by atoms with van der Waals surface area (Å²) in [6, 6.07) is 0.277. The molecule has 2 aliphatic carbocycles. The molecule has 0 unspecified atom stereocenters. The minimum atomic E-state index is 0. The van der Waals surface area contributed by atoms with Crippen molar-refractivity contribution in [1.29, 1.82) is 0 Å². The van der Waals surface area contributed by atoms with Gasteiger partial charge in [-0.2, -0.15) is 0 Å². The average molecular weight is 273 g/mol. The Kier molecular flexibility index (Phi) is 4.22. The fourth-order valence-electron chi connectivity index (χ4n) is 3.91. The van der Waals surface area contributed by atoms with Crippen LogP contribution in [-0.2, 0) is 4.79 Å². The molecule has 104 valence electrons. The number of nitrogens with zero attached hydrogens (tertiary/aromatic N) is 1. The minimum Gasteiger partial charge on any atom is -0.342 e. The molecule has 0 bridgehead atoms. The maximum Gasteiger partial charge on any atom is 0.222 e. The van der Waals surface area contributed by atoms with Gasteiger partial charge in [0, 0.05) is 25.6 Å². The number of hydrogen-bond acceptors (Lipinski definition) is 2. The lowest BCUT2D eigenvalue weighted by Crippen LogP contribution is -2.37. The van der Waals surface area contributed by atoms with E-state index in [-0.39, 0.29) is 18.4 Å². The zero-order chi connectivity index (χ0) is 11.9. The van der Waals surface area contributed by atoms with Crippen molar-refractivity contribution in [2.45, 2.75) is 57.4 Å². The molecule has 2 saturated carbocycles. The van der Waals surface area contributed by atoms with Crippen molar-refractivity contribution in [3.63, 3.8) is 0 Å². The molecule has 18 heavy (non-hydrogen) atoms. The van der Waals surface area contributed by atoms with Gasteiger partial charge in [0.15, 0.2) is 0 Å². The zero-order valence-corrected chi connectivity index (χ0v) is 11.9. The molecular formula is C14H25ClN2O. The van der Waals surface area contributed by atoms with Crippen molar-refractivity contribution >= 4 is 18.3 Å². The average Bonchev–Trinajstić information content (AvgIpc) is 2.85. The molecule has 3 fully saturated rings. The third-order valence-corrected chi connectivity index (χ3v) is 5.36. The fraction of sp³-hybridized carbons (Fsp3) is 0.929. The van der Waals surface area contributed by atoms with Crippen molar-refractivity contribution < 1.29 is 4.79 Å². The standard InChI is InChI=1S/C14H24N2O.ClH/c15-12-4-1-3-11(12)9-13(17)16-8-7-14(10-16)5-2-6-14;/h11-12H,1-10,15H2;1H/t11-,12+;/m0./s1. The summed E-state index contributed by atoms with van der Waals surface area (Å²) in [6.07, 6.45) is 9.50. The van der Waals surface area contributed by atoms with Gasteiger partial charge in [0.05, 0.1) is 0 Å². The van der Waals surface area contributed by atoms with Crippen molar-refractivity contribution in [1.82, 2.24) is 4.90 Å². The SMILES string of the molecule is Cl.N[C@@H]1CCC[C@H]1CC(=O)N1CCC2(CCC2)C1. The molecule has 0 radical (unpaired) electrons. The van der Waals surface area contributed by atoms with Crippen LogP contribution in [0.4, 0.5) is 0 Å². The van der Waals surface area contributed by atoms with Gasteiger partial charge in [-0.15, -0.1) is 12.4 Å². The van der Waals surface area contributed by atoms with Gasteiger partial charge in [-0.1, -0.05) is 12.8 Å². The Balaban J connectivity index is 0.00000120. The lowest BCUT2D eigenvalue weighted by molar-refractivity contribution is -0.131. The lowest BCUT2D eigenvalue weighted by atomic mass is 9.68. The van der Waals surface area contributed by atoms with E-state index in [1.807, 2.05) is 0 Å². The van der Waals surface area contributed by atoms with Crippen molar-refractivity contribution in [2.24, 2.45) is 17.1 Å². The maximum atomic E-state index is 12.2. The van der Waals surface area contributed by atoms with E-state index in [9.17, 15) is 4.79 Å². The monoisotopic (exact) mass is 272 g/mol. The Morgan fingerprint density at radius 1 is 1.22 bits per heavy atom. The van der Waals surface area contributed by atoms with Gasteiger partial charge in [0.2, 0.25) is 5.91 Å². The third kappa shape index (κ3) is 2.53. The Bertz CT molecular complexity index is 317. The first-order valence-corrected chi connectivity index (χ1v) is 7.22. The van der Waals surface area contributed by atoms with Gasteiger partial charge in [-0.3, -0.25) is 4.79 Å². The summed E-state index contributed by atoms with van der Waals surface area (Å²) in [4.78, 5) is 14.4. The second kappa shape index (κ2) is 5.38. The number of amides is 1.